The molecule has 3 heteroatoms. The molecule has 2 aliphatic heterocycles. The molecule has 2 heterocycles. The lowest BCUT2D eigenvalue weighted by molar-refractivity contribution is 0.0228. The van der Waals surface area contributed by atoms with Gasteiger partial charge in [0.1, 0.15) is 0 Å². The van der Waals surface area contributed by atoms with Gasteiger partial charge in [-0.15, -0.1) is 0 Å². The van der Waals surface area contributed by atoms with Gasteiger partial charge in [-0.3, -0.25) is 4.90 Å². The SMILES string of the molecule is CCC(C)N(C)CCN1C2CCCC1CC(N)C2. The number of nitrogens with zero attached hydrogens (tertiary/aromatic N) is 2. The average molecular weight is 253 g/mol. The summed E-state index contributed by atoms with van der Waals surface area (Å²) in [7, 11) is 2.26. The number of hydrogen-bond donors (Lipinski definition) is 1. The summed E-state index contributed by atoms with van der Waals surface area (Å²) in [6, 6.07) is 2.72. The van der Waals surface area contributed by atoms with Crippen LogP contribution in [0.3, 0.4) is 0 Å². The van der Waals surface area contributed by atoms with Crippen LogP contribution in [0, 0.1) is 0 Å². The molecule has 106 valence electrons. The second kappa shape index (κ2) is 6.36. The normalized spacial score (nSPS) is 34.8. The molecule has 0 saturated carbocycles. The number of fused-ring (bicyclic) bond motifs is 2. The van der Waals surface area contributed by atoms with Crippen molar-refractivity contribution < 1.29 is 0 Å². The van der Waals surface area contributed by atoms with Crippen LogP contribution in [0.15, 0.2) is 0 Å². The first-order valence-electron chi connectivity index (χ1n) is 7.83. The number of rotatable bonds is 5. The van der Waals surface area contributed by atoms with Gasteiger partial charge in [-0.25, -0.2) is 0 Å². The van der Waals surface area contributed by atoms with E-state index in [4.69, 9.17) is 5.73 Å². The van der Waals surface area contributed by atoms with E-state index in [1.807, 2.05) is 0 Å². The number of nitrogens with two attached hydrogens (primary N) is 1. The fourth-order valence-corrected chi connectivity index (χ4v) is 3.69. The molecule has 2 aliphatic rings. The molecule has 3 atom stereocenters. The van der Waals surface area contributed by atoms with Gasteiger partial charge in [0.25, 0.3) is 0 Å². The lowest BCUT2D eigenvalue weighted by Gasteiger charge is -2.48. The Balaban J connectivity index is 1.85. The third-order valence-electron chi connectivity index (χ3n) is 5.22. The van der Waals surface area contributed by atoms with Gasteiger partial charge in [0, 0.05) is 37.3 Å². The molecule has 2 saturated heterocycles. The van der Waals surface area contributed by atoms with Gasteiger partial charge in [0.05, 0.1) is 0 Å². The van der Waals surface area contributed by atoms with E-state index < -0.39 is 0 Å². The van der Waals surface area contributed by atoms with Gasteiger partial charge in [-0.1, -0.05) is 13.3 Å². The zero-order chi connectivity index (χ0) is 13.1. The van der Waals surface area contributed by atoms with E-state index in [2.05, 4.69) is 30.7 Å². The smallest absolute Gasteiger partial charge is 0.0115 e. The van der Waals surface area contributed by atoms with Gasteiger partial charge in [-0.2, -0.15) is 0 Å². The minimum absolute atomic E-state index is 0.462. The van der Waals surface area contributed by atoms with E-state index in [0.717, 1.165) is 12.1 Å². The minimum atomic E-state index is 0.462. The molecule has 2 rings (SSSR count). The van der Waals surface area contributed by atoms with Crippen LogP contribution in [0.5, 0.6) is 0 Å². The van der Waals surface area contributed by atoms with Gasteiger partial charge in [-0.05, 0) is 46.1 Å². The Morgan fingerprint density at radius 3 is 2.44 bits per heavy atom. The van der Waals surface area contributed by atoms with Crippen LogP contribution in [-0.4, -0.2) is 54.1 Å². The van der Waals surface area contributed by atoms with E-state index in [9.17, 15) is 0 Å². The Hall–Kier alpha value is -0.120. The molecule has 18 heavy (non-hydrogen) atoms. The van der Waals surface area contributed by atoms with Crippen LogP contribution < -0.4 is 5.73 Å². The molecule has 0 aliphatic carbocycles. The summed E-state index contributed by atoms with van der Waals surface area (Å²) in [6.45, 7) is 7.04. The summed E-state index contributed by atoms with van der Waals surface area (Å²) < 4.78 is 0. The average Bonchev–Trinajstić information content (AvgIpc) is 2.34. The first kappa shape index (κ1) is 14.3. The first-order valence-corrected chi connectivity index (χ1v) is 7.83. The van der Waals surface area contributed by atoms with Crippen molar-refractivity contribution in [2.45, 2.75) is 76.5 Å². The largest absolute Gasteiger partial charge is 0.328 e. The molecule has 0 amide bonds. The predicted molar refractivity (Wildman–Crippen MR) is 77.7 cm³/mol. The van der Waals surface area contributed by atoms with Crippen LogP contribution >= 0.6 is 0 Å². The highest BCUT2D eigenvalue weighted by atomic mass is 15.2. The van der Waals surface area contributed by atoms with E-state index in [1.165, 1.54) is 51.6 Å². The molecule has 0 aromatic rings. The molecule has 0 radical (unpaired) electrons. The second-order valence-corrected chi connectivity index (χ2v) is 6.45. The molecule has 0 spiro atoms. The van der Waals surface area contributed by atoms with Crippen LogP contribution in [0.25, 0.3) is 0 Å². The van der Waals surface area contributed by atoms with E-state index >= 15 is 0 Å². The third-order valence-corrected chi connectivity index (χ3v) is 5.22. The molecule has 0 aromatic carbocycles. The van der Waals surface area contributed by atoms with Gasteiger partial charge >= 0.3 is 0 Å². The molecular weight excluding hydrogens is 222 g/mol. The summed E-state index contributed by atoms with van der Waals surface area (Å²) >= 11 is 0. The zero-order valence-electron chi connectivity index (χ0n) is 12.4. The summed E-state index contributed by atoms with van der Waals surface area (Å²) in [5, 5.41) is 0. The maximum atomic E-state index is 6.18. The van der Waals surface area contributed by atoms with Gasteiger partial charge < -0.3 is 10.6 Å². The molecular formula is C15H31N3. The van der Waals surface area contributed by atoms with Gasteiger partial charge in [0.15, 0.2) is 0 Å². The van der Waals surface area contributed by atoms with Crippen molar-refractivity contribution >= 4 is 0 Å². The monoisotopic (exact) mass is 253 g/mol. The van der Waals surface area contributed by atoms with E-state index in [1.54, 1.807) is 0 Å². The summed E-state index contributed by atoms with van der Waals surface area (Å²) in [5.41, 5.74) is 6.18. The van der Waals surface area contributed by atoms with Crippen LogP contribution in [-0.2, 0) is 0 Å². The maximum absolute atomic E-state index is 6.18. The predicted octanol–water partition coefficient (Wildman–Crippen LogP) is 2.06. The van der Waals surface area contributed by atoms with Crippen molar-refractivity contribution in [3.8, 4) is 0 Å². The summed E-state index contributed by atoms with van der Waals surface area (Å²) in [4.78, 5) is 5.27. The standard InChI is InChI=1S/C15H31N3/c1-4-12(2)17(3)8-9-18-14-6-5-7-15(18)11-13(16)10-14/h12-15H,4-11,16H2,1-3H3. The zero-order valence-corrected chi connectivity index (χ0v) is 12.4. The fraction of sp³-hybridized carbons (Fsp3) is 1.00. The second-order valence-electron chi connectivity index (χ2n) is 6.45. The lowest BCUT2D eigenvalue weighted by atomic mass is 9.82. The molecule has 3 unspecified atom stereocenters. The number of piperidine rings is 2. The molecule has 2 N–H and O–H groups in total. The van der Waals surface area contributed by atoms with Crippen molar-refractivity contribution in [1.29, 1.82) is 0 Å². The van der Waals surface area contributed by atoms with Crippen molar-refractivity contribution in [1.82, 2.24) is 9.80 Å². The molecule has 2 fully saturated rings. The third kappa shape index (κ3) is 3.25. The van der Waals surface area contributed by atoms with Crippen molar-refractivity contribution in [3.63, 3.8) is 0 Å². The Morgan fingerprint density at radius 2 is 1.89 bits per heavy atom. The summed E-state index contributed by atoms with van der Waals surface area (Å²) in [6.07, 6.45) is 7.86. The molecule has 3 nitrogen and oxygen atoms in total. The van der Waals surface area contributed by atoms with Crippen molar-refractivity contribution in [2.24, 2.45) is 5.73 Å². The number of likely N-dealkylation sites (N-methyl/N-ethyl adjacent to an activating group) is 1. The highest BCUT2D eigenvalue weighted by Crippen LogP contribution is 2.33. The van der Waals surface area contributed by atoms with Crippen LogP contribution in [0.1, 0.15) is 52.4 Å². The molecule has 2 bridgehead atoms. The molecule has 0 aromatic heterocycles. The topological polar surface area (TPSA) is 32.5 Å². The minimum Gasteiger partial charge on any atom is -0.328 e. The Kier molecular flexibility index (Phi) is 5.05. The van der Waals surface area contributed by atoms with Crippen molar-refractivity contribution in [2.75, 3.05) is 20.1 Å². The Labute approximate surface area is 113 Å². The van der Waals surface area contributed by atoms with Crippen LogP contribution in [0.2, 0.25) is 0 Å². The fourth-order valence-electron chi connectivity index (χ4n) is 3.69. The summed E-state index contributed by atoms with van der Waals surface area (Å²) in [5.74, 6) is 0. The maximum Gasteiger partial charge on any atom is 0.0115 e. The quantitative estimate of drug-likeness (QED) is 0.814. The number of hydrogen-bond acceptors (Lipinski definition) is 3. The van der Waals surface area contributed by atoms with Crippen LogP contribution in [0.4, 0.5) is 0 Å². The van der Waals surface area contributed by atoms with Gasteiger partial charge in [0.2, 0.25) is 0 Å². The van der Waals surface area contributed by atoms with E-state index in [0.29, 0.717) is 12.1 Å². The Bertz CT molecular complexity index is 242. The lowest BCUT2D eigenvalue weighted by Crippen LogP contribution is -2.56. The van der Waals surface area contributed by atoms with E-state index in [-0.39, 0.29) is 0 Å². The Morgan fingerprint density at radius 1 is 1.28 bits per heavy atom. The highest BCUT2D eigenvalue weighted by molar-refractivity contribution is 4.94. The first-order chi connectivity index (χ1) is 8.61. The highest BCUT2D eigenvalue weighted by Gasteiger charge is 2.36. The van der Waals surface area contributed by atoms with Crippen molar-refractivity contribution in [3.05, 3.63) is 0 Å².